The summed E-state index contributed by atoms with van der Waals surface area (Å²) in [5, 5.41) is 0. The Labute approximate surface area is 124 Å². The molecular weight excluding hydrogens is 267 g/mol. The van der Waals surface area contributed by atoms with E-state index in [1.165, 1.54) is 12.0 Å². The van der Waals surface area contributed by atoms with Gasteiger partial charge in [-0.3, -0.25) is 0 Å². The van der Waals surface area contributed by atoms with Crippen LogP contribution < -0.4 is 10.5 Å². The largest absolute Gasteiger partial charge is 0.436 e. The number of fused-ring (bicyclic) bond motifs is 1. The molecule has 0 radical (unpaired) electrons. The van der Waals surface area contributed by atoms with Gasteiger partial charge in [-0.25, -0.2) is 9.37 Å². The second kappa shape index (κ2) is 5.82. The van der Waals surface area contributed by atoms with Gasteiger partial charge in [-0.05, 0) is 55.9 Å². The quantitative estimate of drug-likeness (QED) is 0.936. The number of benzene rings is 1. The zero-order valence-electron chi connectivity index (χ0n) is 12.2. The monoisotopic (exact) mass is 286 g/mol. The summed E-state index contributed by atoms with van der Waals surface area (Å²) in [6.07, 6.45) is 4.31. The van der Waals surface area contributed by atoms with Gasteiger partial charge in [0.25, 0.3) is 0 Å². The molecule has 3 nitrogen and oxygen atoms in total. The molecule has 1 aromatic carbocycles. The van der Waals surface area contributed by atoms with Gasteiger partial charge in [-0.2, -0.15) is 0 Å². The molecule has 2 N–H and O–H groups in total. The molecule has 4 heteroatoms. The molecule has 1 aromatic heterocycles. The van der Waals surface area contributed by atoms with Gasteiger partial charge in [0.2, 0.25) is 5.88 Å². The van der Waals surface area contributed by atoms with Crippen LogP contribution in [0.3, 0.4) is 0 Å². The minimum Gasteiger partial charge on any atom is -0.436 e. The fraction of sp³-hybridized carbons (Fsp3) is 0.353. The van der Waals surface area contributed by atoms with Gasteiger partial charge in [0.05, 0.1) is 0 Å². The first kappa shape index (κ1) is 14.0. The second-order valence-corrected chi connectivity index (χ2v) is 5.46. The van der Waals surface area contributed by atoms with Crippen LogP contribution in [0, 0.1) is 12.7 Å². The van der Waals surface area contributed by atoms with Crippen LogP contribution in [0.15, 0.2) is 24.3 Å². The van der Waals surface area contributed by atoms with Crippen LogP contribution in [-0.2, 0) is 19.4 Å². The van der Waals surface area contributed by atoms with E-state index in [0.29, 0.717) is 18.0 Å². The molecule has 110 valence electrons. The van der Waals surface area contributed by atoms with E-state index in [-0.39, 0.29) is 11.6 Å². The van der Waals surface area contributed by atoms with E-state index in [2.05, 4.69) is 11.1 Å². The van der Waals surface area contributed by atoms with Crippen molar-refractivity contribution in [2.75, 3.05) is 0 Å². The lowest BCUT2D eigenvalue weighted by atomic mass is 9.95. The number of hydrogen-bond donors (Lipinski definition) is 1. The van der Waals surface area contributed by atoms with Crippen molar-refractivity contribution in [2.24, 2.45) is 5.73 Å². The topological polar surface area (TPSA) is 48.1 Å². The molecule has 0 atom stereocenters. The lowest BCUT2D eigenvalue weighted by Crippen LogP contribution is -2.10. The van der Waals surface area contributed by atoms with Crippen LogP contribution in [0.4, 0.5) is 4.39 Å². The maximum absolute atomic E-state index is 14.1. The SMILES string of the molecule is Cc1cccc(Oc2nc3c(cc2CN)CCCC3)c1F. The Morgan fingerprint density at radius 2 is 2.10 bits per heavy atom. The molecule has 1 aliphatic rings. The molecule has 0 saturated carbocycles. The number of nitrogens with zero attached hydrogens (tertiary/aromatic N) is 1. The van der Waals surface area contributed by atoms with E-state index in [1.807, 2.05) is 0 Å². The van der Waals surface area contributed by atoms with E-state index in [0.717, 1.165) is 30.5 Å². The zero-order chi connectivity index (χ0) is 14.8. The number of rotatable bonds is 3. The van der Waals surface area contributed by atoms with Crippen molar-refractivity contribution in [3.8, 4) is 11.6 Å². The summed E-state index contributed by atoms with van der Waals surface area (Å²) in [6.45, 7) is 2.05. The summed E-state index contributed by atoms with van der Waals surface area (Å²) in [7, 11) is 0. The summed E-state index contributed by atoms with van der Waals surface area (Å²) < 4.78 is 19.8. The molecule has 0 spiro atoms. The average Bonchev–Trinajstić information content (AvgIpc) is 2.51. The van der Waals surface area contributed by atoms with Crippen LogP contribution in [-0.4, -0.2) is 4.98 Å². The molecular formula is C17H19FN2O. The van der Waals surface area contributed by atoms with Gasteiger partial charge in [-0.1, -0.05) is 12.1 Å². The van der Waals surface area contributed by atoms with Crippen molar-refractivity contribution in [1.29, 1.82) is 0 Å². The predicted octanol–water partition coefficient (Wildman–Crippen LogP) is 3.66. The summed E-state index contributed by atoms with van der Waals surface area (Å²) in [5.41, 5.74) is 9.48. The van der Waals surface area contributed by atoms with Gasteiger partial charge < -0.3 is 10.5 Å². The van der Waals surface area contributed by atoms with Crippen LogP contribution in [0.5, 0.6) is 11.6 Å². The summed E-state index contributed by atoms with van der Waals surface area (Å²) in [6, 6.07) is 7.16. The lowest BCUT2D eigenvalue weighted by molar-refractivity contribution is 0.417. The molecule has 0 unspecified atom stereocenters. The first-order valence-corrected chi connectivity index (χ1v) is 7.33. The highest BCUT2D eigenvalue weighted by molar-refractivity contribution is 5.40. The smallest absolute Gasteiger partial charge is 0.224 e. The maximum atomic E-state index is 14.1. The molecule has 0 saturated heterocycles. The molecule has 0 fully saturated rings. The van der Waals surface area contributed by atoms with Gasteiger partial charge >= 0.3 is 0 Å². The van der Waals surface area contributed by atoms with E-state index in [4.69, 9.17) is 10.5 Å². The number of aromatic nitrogens is 1. The lowest BCUT2D eigenvalue weighted by Gasteiger charge is -2.18. The number of ether oxygens (including phenoxy) is 1. The summed E-state index contributed by atoms with van der Waals surface area (Å²) >= 11 is 0. The number of aryl methyl sites for hydroxylation is 3. The van der Waals surface area contributed by atoms with Crippen molar-refractivity contribution < 1.29 is 9.13 Å². The fourth-order valence-corrected chi connectivity index (χ4v) is 2.70. The Balaban J connectivity index is 1.99. The van der Waals surface area contributed by atoms with Crippen LogP contribution >= 0.6 is 0 Å². The Morgan fingerprint density at radius 3 is 2.90 bits per heavy atom. The fourth-order valence-electron chi connectivity index (χ4n) is 2.70. The average molecular weight is 286 g/mol. The molecule has 21 heavy (non-hydrogen) atoms. The third-order valence-corrected chi connectivity index (χ3v) is 3.92. The molecule has 0 aliphatic heterocycles. The van der Waals surface area contributed by atoms with E-state index in [9.17, 15) is 4.39 Å². The highest BCUT2D eigenvalue weighted by Gasteiger charge is 2.17. The molecule has 1 heterocycles. The zero-order valence-corrected chi connectivity index (χ0v) is 12.2. The molecule has 2 aromatic rings. The van der Waals surface area contributed by atoms with Crippen LogP contribution in [0.2, 0.25) is 0 Å². The van der Waals surface area contributed by atoms with Gasteiger partial charge in [-0.15, -0.1) is 0 Å². The third-order valence-electron chi connectivity index (χ3n) is 3.92. The van der Waals surface area contributed by atoms with Gasteiger partial charge in [0.1, 0.15) is 0 Å². The summed E-state index contributed by atoms with van der Waals surface area (Å²) in [5.74, 6) is 0.288. The number of hydrogen-bond acceptors (Lipinski definition) is 3. The van der Waals surface area contributed by atoms with Crippen molar-refractivity contribution >= 4 is 0 Å². The van der Waals surface area contributed by atoms with Crippen LogP contribution in [0.1, 0.15) is 35.2 Å². The Kier molecular flexibility index (Phi) is 3.88. The number of pyridine rings is 1. The summed E-state index contributed by atoms with van der Waals surface area (Å²) in [4.78, 5) is 4.58. The Hall–Kier alpha value is -1.94. The Bertz CT molecular complexity index is 670. The van der Waals surface area contributed by atoms with Crippen molar-refractivity contribution in [1.82, 2.24) is 4.98 Å². The normalized spacial score (nSPS) is 13.9. The molecule has 0 bridgehead atoms. The standard InChI is InChI=1S/C17H19FN2O/c1-11-5-4-8-15(16(11)18)21-17-13(10-19)9-12-6-2-3-7-14(12)20-17/h4-5,8-9H,2-3,6-7,10,19H2,1H3. The third kappa shape index (κ3) is 2.76. The predicted molar refractivity (Wildman–Crippen MR) is 80.0 cm³/mol. The minimum absolute atomic E-state index is 0.202. The molecule has 1 aliphatic carbocycles. The van der Waals surface area contributed by atoms with Gasteiger partial charge in [0, 0.05) is 17.8 Å². The number of halogens is 1. The molecule has 3 rings (SSSR count). The second-order valence-electron chi connectivity index (χ2n) is 5.46. The van der Waals surface area contributed by atoms with E-state index >= 15 is 0 Å². The Morgan fingerprint density at radius 1 is 1.29 bits per heavy atom. The molecule has 0 amide bonds. The minimum atomic E-state index is -0.347. The maximum Gasteiger partial charge on any atom is 0.224 e. The highest BCUT2D eigenvalue weighted by Crippen LogP contribution is 2.30. The van der Waals surface area contributed by atoms with Crippen molar-refractivity contribution in [3.63, 3.8) is 0 Å². The van der Waals surface area contributed by atoms with Gasteiger partial charge in [0.15, 0.2) is 11.6 Å². The van der Waals surface area contributed by atoms with E-state index < -0.39 is 0 Å². The van der Waals surface area contributed by atoms with E-state index in [1.54, 1.807) is 25.1 Å². The van der Waals surface area contributed by atoms with Crippen LogP contribution in [0.25, 0.3) is 0 Å². The van der Waals surface area contributed by atoms with Crippen molar-refractivity contribution in [2.45, 2.75) is 39.2 Å². The first-order chi connectivity index (χ1) is 10.2. The first-order valence-electron chi connectivity index (χ1n) is 7.33. The van der Waals surface area contributed by atoms with Crippen molar-refractivity contribution in [3.05, 3.63) is 52.5 Å². The number of nitrogens with two attached hydrogens (primary N) is 1. The highest BCUT2D eigenvalue weighted by atomic mass is 19.1.